The van der Waals surface area contributed by atoms with Gasteiger partial charge in [-0.25, -0.2) is 4.99 Å². The van der Waals surface area contributed by atoms with Gasteiger partial charge in [0.25, 0.3) is 0 Å². The van der Waals surface area contributed by atoms with Crippen LogP contribution in [0, 0.1) is 0 Å². The molecule has 0 saturated heterocycles. The number of aliphatic imine (C=N–C) groups is 2. The zero-order valence-electron chi connectivity index (χ0n) is 11.9. The Hall–Kier alpha value is -2.24. The van der Waals surface area contributed by atoms with Crippen LogP contribution >= 0.6 is 0 Å². The van der Waals surface area contributed by atoms with E-state index in [2.05, 4.69) is 16.9 Å². The predicted molar refractivity (Wildman–Crippen MR) is 83.2 cm³/mol. The van der Waals surface area contributed by atoms with Crippen molar-refractivity contribution in [1.29, 1.82) is 0 Å². The van der Waals surface area contributed by atoms with Crippen LogP contribution in [0.15, 0.2) is 34.3 Å². The van der Waals surface area contributed by atoms with Crippen LogP contribution in [0.2, 0.25) is 0 Å². The molecule has 110 valence electrons. The van der Waals surface area contributed by atoms with E-state index in [9.17, 15) is 0 Å². The minimum atomic E-state index is -0.116. The van der Waals surface area contributed by atoms with Gasteiger partial charge in [0.2, 0.25) is 5.96 Å². The molecular formula is C14H23N5O. The number of hydrogen-bond acceptors (Lipinski definition) is 2. The average molecular weight is 277 g/mol. The Balaban J connectivity index is 2.55. The molecule has 6 heteroatoms. The molecule has 0 saturated carbocycles. The highest BCUT2D eigenvalue weighted by molar-refractivity contribution is 5.93. The van der Waals surface area contributed by atoms with Crippen molar-refractivity contribution in [1.82, 2.24) is 0 Å². The van der Waals surface area contributed by atoms with Gasteiger partial charge in [-0.1, -0.05) is 32.3 Å². The minimum absolute atomic E-state index is 0.0186. The molecule has 20 heavy (non-hydrogen) atoms. The molecule has 1 aromatic rings. The molecule has 0 amide bonds. The quantitative estimate of drug-likeness (QED) is 0.401. The summed E-state index contributed by atoms with van der Waals surface area (Å²) < 4.78 is 5.66. The first-order chi connectivity index (χ1) is 9.61. The van der Waals surface area contributed by atoms with Crippen molar-refractivity contribution in [3.8, 4) is 5.75 Å². The summed E-state index contributed by atoms with van der Waals surface area (Å²) in [6.07, 6.45) is 4.69. The van der Waals surface area contributed by atoms with Crippen LogP contribution in [0.4, 0.5) is 5.69 Å². The van der Waals surface area contributed by atoms with Crippen LogP contribution in [0.1, 0.15) is 32.6 Å². The van der Waals surface area contributed by atoms with Crippen molar-refractivity contribution < 1.29 is 4.74 Å². The van der Waals surface area contributed by atoms with E-state index in [1.165, 1.54) is 19.3 Å². The van der Waals surface area contributed by atoms with E-state index in [1.807, 2.05) is 12.1 Å². The van der Waals surface area contributed by atoms with Crippen molar-refractivity contribution in [2.75, 3.05) is 6.61 Å². The Morgan fingerprint density at radius 1 is 1.15 bits per heavy atom. The molecule has 1 aromatic carbocycles. The number of rotatable bonds is 7. The zero-order chi connectivity index (χ0) is 14.8. The summed E-state index contributed by atoms with van der Waals surface area (Å²) in [5.41, 5.74) is 16.7. The fourth-order valence-corrected chi connectivity index (χ4v) is 1.65. The van der Waals surface area contributed by atoms with Gasteiger partial charge in [0.15, 0.2) is 5.96 Å². The molecule has 0 radical (unpaired) electrons. The summed E-state index contributed by atoms with van der Waals surface area (Å²) in [7, 11) is 0. The van der Waals surface area contributed by atoms with Gasteiger partial charge in [-0.05, 0) is 18.6 Å². The van der Waals surface area contributed by atoms with Gasteiger partial charge in [-0.3, -0.25) is 0 Å². The van der Waals surface area contributed by atoms with Gasteiger partial charge >= 0.3 is 0 Å². The second kappa shape index (κ2) is 8.79. The van der Waals surface area contributed by atoms with Crippen LogP contribution in [-0.4, -0.2) is 18.5 Å². The van der Waals surface area contributed by atoms with Crippen LogP contribution < -0.4 is 21.9 Å². The average Bonchev–Trinajstić information content (AvgIpc) is 2.38. The molecule has 0 unspecified atom stereocenters. The van der Waals surface area contributed by atoms with Crippen LogP contribution in [0.5, 0.6) is 5.75 Å². The third kappa shape index (κ3) is 6.63. The lowest BCUT2D eigenvalue weighted by Crippen LogP contribution is -2.26. The Labute approximate surface area is 119 Å². The molecule has 1 rings (SSSR count). The Bertz CT molecular complexity index is 466. The number of unbranched alkanes of at least 4 members (excludes halogenated alkanes) is 3. The van der Waals surface area contributed by atoms with Gasteiger partial charge in [0.05, 0.1) is 12.3 Å². The first-order valence-electron chi connectivity index (χ1n) is 6.78. The number of nitrogens with two attached hydrogens (primary N) is 3. The second-order valence-corrected chi connectivity index (χ2v) is 4.41. The summed E-state index contributed by atoms with van der Waals surface area (Å²) in [4.78, 5) is 7.74. The first-order valence-corrected chi connectivity index (χ1v) is 6.78. The lowest BCUT2D eigenvalue weighted by atomic mass is 10.2. The molecule has 0 aromatic heterocycles. The summed E-state index contributed by atoms with van der Waals surface area (Å²) in [5, 5.41) is 0. The van der Waals surface area contributed by atoms with Crippen molar-refractivity contribution in [2.45, 2.75) is 32.6 Å². The molecule has 0 spiro atoms. The van der Waals surface area contributed by atoms with Gasteiger partial charge in [-0.2, -0.15) is 4.99 Å². The molecule has 0 atom stereocenters. The van der Waals surface area contributed by atoms with Crippen molar-refractivity contribution in [3.05, 3.63) is 24.3 Å². The lowest BCUT2D eigenvalue weighted by molar-refractivity contribution is 0.305. The minimum Gasteiger partial charge on any atom is -0.494 e. The van der Waals surface area contributed by atoms with E-state index < -0.39 is 0 Å². The fraction of sp³-hybridized carbons (Fsp3) is 0.429. The van der Waals surface area contributed by atoms with Gasteiger partial charge < -0.3 is 21.9 Å². The molecule has 6 N–H and O–H groups in total. The van der Waals surface area contributed by atoms with E-state index in [-0.39, 0.29) is 11.9 Å². The normalized spacial score (nSPS) is 11.2. The lowest BCUT2D eigenvalue weighted by Gasteiger charge is -2.06. The monoisotopic (exact) mass is 277 g/mol. The Kier molecular flexibility index (Phi) is 6.95. The highest BCUT2D eigenvalue weighted by atomic mass is 16.5. The zero-order valence-corrected chi connectivity index (χ0v) is 11.9. The van der Waals surface area contributed by atoms with Gasteiger partial charge in [0.1, 0.15) is 5.75 Å². The highest BCUT2D eigenvalue weighted by Gasteiger charge is 1.97. The molecule has 0 aliphatic rings. The van der Waals surface area contributed by atoms with Crippen LogP contribution in [0.3, 0.4) is 0 Å². The summed E-state index contributed by atoms with van der Waals surface area (Å²) >= 11 is 0. The Morgan fingerprint density at radius 3 is 2.65 bits per heavy atom. The number of guanidine groups is 2. The smallest absolute Gasteiger partial charge is 0.223 e. The second-order valence-electron chi connectivity index (χ2n) is 4.41. The first kappa shape index (κ1) is 15.8. The molecule has 0 aliphatic carbocycles. The number of benzene rings is 1. The van der Waals surface area contributed by atoms with Gasteiger partial charge in [-0.15, -0.1) is 0 Å². The van der Waals surface area contributed by atoms with Crippen molar-refractivity contribution in [3.63, 3.8) is 0 Å². The largest absolute Gasteiger partial charge is 0.494 e. The van der Waals surface area contributed by atoms with E-state index in [1.54, 1.807) is 12.1 Å². The third-order valence-corrected chi connectivity index (χ3v) is 2.57. The molecular weight excluding hydrogens is 254 g/mol. The number of hydrogen-bond donors (Lipinski definition) is 3. The number of ether oxygens (including phenoxy) is 1. The van der Waals surface area contributed by atoms with E-state index in [4.69, 9.17) is 21.9 Å². The third-order valence-electron chi connectivity index (χ3n) is 2.57. The van der Waals surface area contributed by atoms with Crippen molar-refractivity contribution in [2.24, 2.45) is 27.2 Å². The maximum atomic E-state index is 5.66. The van der Waals surface area contributed by atoms with E-state index in [0.29, 0.717) is 12.3 Å². The van der Waals surface area contributed by atoms with Gasteiger partial charge in [0, 0.05) is 6.07 Å². The summed E-state index contributed by atoms with van der Waals surface area (Å²) in [6, 6.07) is 7.34. The molecule has 0 heterocycles. The molecule has 0 fully saturated rings. The topological polar surface area (TPSA) is 112 Å². The maximum Gasteiger partial charge on any atom is 0.223 e. The highest BCUT2D eigenvalue weighted by Crippen LogP contribution is 2.20. The Morgan fingerprint density at radius 2 is 1.95 bits per heavy atom. The molecule has 6 nitrogen and oxygen atoms in total. The van der Waals surface area contributed by atoms with Crippen molar-refractivity contribution >= 4 is 17.6 Å². The maximum absolute atomic E-state index is 5.66. The number of nitrogens with zero attached hydrogens (tertiary/aromatic N) is 2. The van der Waals surface area contributed by atoms with Crippen LogP contribution in [0.25, 0.3) is 0 Å². The summed E-state index contributed by atoms with van der Waals surface area (Å²) in [6.45, 7) is 2.89. The fourth-order valence-electron chi connectivity index (χ4n) is 1.65. The van der Waals surface area contributed by atoms with Crippen LogP contribution in [-0.2, 0) is 0 Å². The standard InChI is InChI=1S/C14H23N5O/c1-2-3-4-5-9-20-12-8-6-7-11(10-12)18-14(17)19-13(15)16/h6-8,10H,2-5,9H2,1H3,(H6,15,16,17,18,19). The predicted octanol–water partition coefficient (Wildman–Crippen LogP) is 1.87. The molecule has 0 bridgehead atoms. The van der Waals surface area contributed by atoms with E-state index in [0.717, 1.165) is 12.2 Å². The molecule has 0 aliphatic heterocycles. The van der Waals surface area contributed by atoms with E-state index >= 15 is 0 Å². The summed E-state index contributed by atoms with van der Waals surface area (Å²) in [5.74, 6) is 0.667. The SMILES string of the molecule is CCCCCCOc1cccc(N=C(N)N=C(N)N)c1.